The second-order valence-corrected chi connectivity index (χ2v) is 7.65. The zero-order chi connectivity index (χ0) is 22.6. The quantitative estimate of drug-likeness (QED) is 0.424. The summed E-state index contributed by atoms with van der Waals surface area (Å²) in [6.45, 7) is 5.69. The molecule has 0 heterocycles. The van der Waals surface area contributed by atoms with E-state index >= 15 is 0 Å². The fourth-order valence-corrected chi connectivity index (χ4v) is 3.17. The fraction of sp³-hybridized carbons (Fsp3) is 0.292. The molecule has 0 saturated carbocycles. The van der Waals surface area contributed by atoms with Gasteiger partial charge in [0, 0.05) is 12.6 Å². The molecule has 0 bridgehead atoms. The Hall–Kier alpha value is -3.19. The predicted octanol–water partition coefficient (Wildman–Crippen LogP) is 4.95. The summed E-state index contributed by atoms with van der Waals surface area (Å²) in [6, 6.07) is 16.7. The molecule has 0 aliphatic rings. The first-order valence-electron chi connectivity index (χ1n) is 10.0. The highest BCUT2D eigenvalue weighted by atomic mass is 32.1. The van der Waals surface area contributed by atoms with Gasteiger partial charge in [0.15, 0.2) is 0 Å². The minimum absolute atomic E-state index is 0.0518. The van der Waals surface area contributed by atoms with E-state index in [1.54, 1.807) is 6.08 Å². The highest BCUT2D eigenvalue weighted by Crippen LogP contribution is 2.18. The van der Waals surface area contributed by atoms with Crippen molar-refractivity contribution < 1.29 is 19.1 Å². The SMILES string of the molecule is CC(=O)OC/C=C\c1ccccc1NC(=S)[C@@H](NC(=O)OCc1ccccc1)C(C)C. The van der Waals surface area contributed by atoms with Crippen molar-refractivity contribution in [3.05, 3.63) is 71.8 Å². The van der Waals surface area contributed by atoms with Crippen LogP contribution in [0.4, 0.5) is 10.5 Å². The van der Waals surface area contributed by atoms with Gasteiger partial charge in [-0.15, -0.1) is 0 Å². The van der Waals surface area contributed by atoms with E-state index in [9.17, 15) is 9.59 Å². The van der Waals surface area contributed by atoms with Crippen molar-refractivity contribution in [1.29, 1.82) is 0 Å². The van der Waals surface area contributed by atoms with E-state index in [0.717, 1.165) is 16.8 Å². The molecule has 0 spiro atoms. The van der Waals surface area contributed by atoms with Crippen LogP contribution in [0.2, 0.25) is 0 Å². The molecule has 2 rings (SSSR count). The van der Waals surface area contributed by atoms with Gasteiger partial charge in [-0.25, -0.2) is 4.79 Å². The largest absolute Gasteiger partial charge is 0.462 e. The highest BCUT2D eigenvalue weighted by Gasteiger charge is 2.22. The molecule has 2 aromatic carbocycles. The lowest BCUT2D eigenvalue weighted by Gasteiger charge is -2.24. The number of esters is 1. The Kier molecular flexibility index (Phi) is 9.71. The zero-order valence-electron chi connectivity index (χ0n) is 18.0. The highest BCUT2D eigenvalue weighted by molar-refractivity contribution is 7.80. The van der Waals surface area contributed by atoms with E-state index in [2.05, 4.69) is 10.6 Å². The molecule has 1 amide bonds. The smallest absolute Gasteiger partial charge is 0.408 e. The molecule has 0 aliphatic heterocycles. The van der Waals surface area contributed by atoms with E-state index in [1.807, 2.05) is 74.5 Å². The molecular formula is C24H28N2O4S. The van der Waals surface area contributed by atoms with Crippen LogP contribution >= 0.6 is 12.2 Å². The second kappa shape index (κ2) is 12.5. The van der Waals surface area contributed by atoms with Gasteiger partial charge in [0.2, 0.25) is 0 Å². The number of benzene rings is 2. The lowest BCUT2D eigenvalue weighted by Crippen LogP contribution is -2.46. The number of carbonyl (C=O) groups excluding carboxylic acids is 2. The minimum Gasteiger partial charge on any atom is -0.462 e. The van der Waals surface area contributed by atoms with Crippen LogP contribution in [0.3, 0.4) is 0 Å². The Bertz CT molecular complexity index is 913. The molecular weight excluding hydrogens is 412 g/mol. The second-order valence-electron chi connectivity index (χ2n) is 7.21. The van der Waals surface area contributed by atoms with Gasteiger partial charge in [0.25, 0.3) is 0 Å². The fourth-order valence-electron chi connectivity index (χ4n) is 2.73. The number of anilines is 1. The number of rotatable bonds is 9. The van der Waals surface area contributed by atoms with Crippen LogP contribution in [0.25, 0.3) is 6.08 Å². The maximum Gasteiger partial charge on any atom is 0.408 e. The summed E-state index contributed by atoms with van der Waals surface area (Å²) in [7, 11) is 0. The maximum atomic E-state index is 12.3. The van der Waals surface area contributed by atoms with Gasteiger partial charge in [-0.2, -0.15) is 0 Å². The number of thiocarbonyl (C=S) groups is 1. The van der Waals surface area contributed by atoms with Crippen molar-refractivity contribution in [3.63, 3.8) is 0 Å². The van der Waals surface area contributed by atoms with Crippen LogP contribution in [0, 0.1) is 5.92 Å². The third-order valence-corrected chi connectivity index (χ3v) is 4.69. The summed E-state index contributed by atoms with van der Waals surface area (Å²) in [5.41, 5.74) is 2.58. The molecule has 2 aromatic rings. The molecule has 1 atom stereocenters. The Labute approximate surface area is 188 Å². The lowest BCUT2D eigenvalue weighted by molar-refractivity contribution is -0.139. The normalized spacial score (nSPS) is 11.7. The molecule has 164 valence electrons. The predicted molar refractivity (Wildman–Crippen MR) is 127 cm³/mol. The van der Waals surface area contributed by atoms with Gasteiger partial charge >= 0.3 is 12.1 Å². The van der Waals surface area contributed by atoms with E-state index < -0.39 is 12.1 Å². The minimum atomic E-state index is -0.527. The van der Waals surface area contributed by atoms with Crippen molar-refractivity contribution in [3.8, 4) is 0 Å². The summed E-state index contributed by atoms with van der Waals surface area (Å²) >= 11 is 5.58. The van der Waals surface area contributed by atoms with E-state index in [4.69, 9.17) is 21.7 Å². The van der Waals surface area contributed by atoms with Crippen LogP contribution < -0.4 is 10.6 Å². The average molecular weight is 441 g/mol. The van der Waals surface area contributed by atoms with Crippen molar-refractivity contribution in [1.82, 2.24) is 5.32 Å². The Balaban J connectivity index is 1.99. The summed E-state index contributed by atoms with van der Waals surface area (Å²) in [6.07, 6.45) is 3.07. The van der Waals surface area contributed by atoms with Crippen LogP contribution in [-0.4, -0.2) is 29.7 Å². The molecule has 0 aromatic heterocycles. The summed E-state index contributed by atoms with van der Waals surface area (Å²) in [4.78, 5) is 23.7. The van der Waals surface area contributed by atoms with Gasteiger partial charge in [-0.3, -0.25) is 4.79 Å². The molecule has 0 saturated heterocycles. The number of nitrogens with one attached hydrogen (secondary N) is 2. The number of para-hydroxylation sites is 1. The van der Waals surface area contributed by atoms with E-state index in [0.29, 0.717) is 4.99 Å². The first-order chi connectivity index (χ1) is 14.9. The van der Waals surface area contributed by atoms with Gasteiger partial charge in [-0.1, -0.05) is 80.7 Å². The number of hydrogen-bond donors (Lipinski definition) is 2. The Morgan fingerprint density at radius 3 is 2.39 bits per heavy atom. The standard InChI is InChI=1S/C24H28N2O4S/c1-17(2)22(26-24(28)30-16-19-10-5-4-6-11-19)23(31)25-21-14-8-7-12-20(21)13-9-15-29-18(3)27/h4-14,17,22H,15-16H2,1-3H3,(H,25,31)(H,26,28)/b13-9-/t22-/m0/s1. The molecule has 6 nitrogen and oxygen atoms in total. The molecule has 0 aliphatic carbocycles. The molecule has 2 N–H and O–H groups in total. The van der Waals surface area contributed by atoms with Crippen LogP contribution in [-0.2, 0) is 20.9 Å². The molecule has 0 fully saturated rings. The third kappa shape index (κ3) is 8.60. The lowest BCUT2D eigenvalue weighted by atomic mass is 10.0. The summed E-state index contributed by atoms with van der Waals surface area (Å²) < 4.78 is 10.2. The third-order valence-electron chi connectivity index (χ3n) is 4.33. The van der Waals surface area contributed by atoms with Crippen molar-refractivity contribution in [2.45, 2.75) is 33.4 Å². The number of ether oxygens (including phenoxy) is 2. The number of alkyl carbamates (subject to hydrolysis) is 1. The number of amides is 1. The average Bonchev–Trinajstić information content (AvgIpc) is 2.75. The van der Waals surface area contributed by atoms with Crippen LogP contribution in [0.15, 0.2) is 60.7 Å². The molecule has 7 heteroatoms. The monoisotopic (exact) mass is 440 g/mol. The summed E-state index contributed by atoms with van der Waals surface area (Å²) in [5, 5.41) is 6.07. The van der Waals surface area contributed by atoms with Crippen LogP contribution in [0.5, 0.6) is 0 Å². The van der Waals surface area contributed by atoms with Crippen molar-refractivity contribution in [2.24, 2.45) is 5.92 Å². The van der Waals surface area contributed by atoms with Gasteiger partial charge in [-0.05, 0) is 29.2 Å². The Morgan fingerprint density at radius 1 is 1.03 bits per heavy atom. The van der Waals surface area contributed by atoms with E-state index in [-0.39, 0.29) is 25.1 Å². The van der Waals surface area contributed by atoms with Gasteiger partial charge < -0.3 is 20.1 Å². The molecule has 0 radical (unpaired) electrons. The van der Waals surface area contributed by atoms with Gasteiger partial charge in [0.1, 0.15) is 18.2 Å². The number of carbonyl (C=O) groups is 2. The van der Waals surface area contributed by atoms with Crippen molar-refractivity contribution >= 4 is 41.0 Å². The number of hydrogen-bond acceptors (Lipinski definition) is 5. The molecule has 0 unspecified atom stereocenters. The maximum absolute atomic E-state index is 12.3. The summed E-state index contributed by atoms with van der Waals surface area (Å²) in [5.74, 6) is -0.279. The van der Waals surface area contributed by atoms with Crippen LogP contribution in [0.1, 0.15) is 31.9 Å². The first-order valence-corrected chi connectivity index (χ1v) is 10.4. The van der Waals surface area contributed by atoms with Crippen molar-refractivity contribution in [2.75, 3.05) is 11.9 Å². The molecule has 31 heavy (non-hydrogen) atoms. The zero-order valence-corrected chi connectivity index (χ0v) is 18.8. The van der Waals surface area contributed by atoms with E-state index in [1.165, 1.54) is 6.92 Å². The Morgan fingerprint density at radius 2 is 1.71 bits per heavy atom. The first kappa shape index (κ1) is 24.1. The topological polar surface area (TPSA) is 76.7 Å². The van der Waals surface area contributed by atoms with Gasteiger partial charge in [0.05, 0.1) is 6.04 Å².